The number of amides is 12. The van der Waals surface area contributed by atoms with Crippen LogP contribution in [0.25, 0.3) is 0 Å². The lowest BCUT2D eigenvalue weighted by atomic mass is 10.0. The van der Waals surface area contributed by atoms with Gasteiger partial charge in [0.15, 0.2) is 5.96 Å². The molecule has 0 unspecified atom stereocenters. The molecule has 2 aliphatic heterocycles. The van der Waals surface area contributed by atoms with E-state index in [4.69, 9.17) is 28.7 Å². The summed E-state index contributed by atoms with van der Waals surface area (Å²) < 4.78 is 0. The zero-order valence-electron chi connectivity index (χ0n) is 42.7. The van der Waals surface area contributed by atoms with Crippen LogP contribution in [0.1, 0.15) is 63.0 Å². The van der Waals surface area contributed by atoms with E-state index in [0.717, 1.165) is 33.4 Å². The predicted octanol–water partition coefficient (Wildman–Crippen LogP) is -5.23. The summed E-state index contributed by atoms with van der Waals surface area (Å²) in [7, 11) is 1.90. The molecule has 28 nitrogen and oxygen atoms in total. The first-order chi connectivity index (χ1) is 37.0. The second-order valence-corrected chi connectivity index (χ2v) is 20.8. The molecule has 78 heavy (non-hydrogen) atoms. The average molecular weight is 1130 g/mol. The Morgan fingerprint density at radius 3 is 1.90 bits per heavy atom. The van der Waals surface area contributed by atoms with Crippen molar-refractivity contribution < 1.29 is 62.6 Å². The summed E-state index contributed by atoms with van der Waals surface area (Å²) in [5.74, 6) is -11.6. The van der Waals surface area contributed by atoms with E-state index in [1.165, 1.54) is 24.3 Å². The second kappa shape index (κ2) is 31.2. The number of nitrogens with one attached hydrogen (secondary N) is 8. The third-order valence-corrected chi connectivity index (χ3v) is 14.4. The molecule has 2 aliphatic rings. The van der Waals surface area contributed by atoms with Crippen molar-refractivity contribution in [2.45, 2.75) is 113 Å². The van der Waals surface area contributed by atoms with Gasteiger partial charge in [0.2, 0.25) is 70.9 Å². The Bertz CT molecular complexity index is 2540. The number of primary amides is 3. The van der Waals surface area contributed by atoms with Crippen LogP contribution in [0.3, 0.4) is 0 Å². The first kappa shape index (κ1) is 62.4. The fourth-order valence-electron chi connectivity index (χ4n) is 8.14. The average Bonchev–Trinajstić information content (AvgIpc) is 3.88. The number of likely N-dealkylation sites (tertiary alicyclic amines) is 1. The highest BCUT2D eigenvalue weighted by Gasteiger charge is 2.41. The molecule has 424 valence electrons. The maximum Gasteiger partial charge on any atom is 0.246 e. The minimum atomic E-state index is -1.83. The number of guanidine groups is 1. The number of rotatable bonds is 20. The second-order valence-electron chi connectivity index (χ2n) is 18.2. The van der Waals surface area contributed by atoms with Crippen molar-refractivity contribution >= 4 is 98.4 Å². The molecule has 19 N–H and O–H groups in total. The fraction of sp³-hybridized carbons (Fsp3) is 0.479. The number of phenolic OH excluding ortho intramolecular Hbond substituents is 1. The van der Waals surface area contributed by atoms with Crippen molar-refractivity contribution in [2.24, 2.45) is 33.7 Å². The van der Waals surface area contributed by atoms with Crippen molar-refractivity contribution in [2.75, 3.05) is 31.1 Å². The lowest BCUT2D eigenvalue weighted by Gasteiger charge is -2.31. The number of nitrogens with two attached hydrogens (primary N) is 5. The summed E-state index contributed by atoms with van der Waals surface area (Å²) in [5, 5.41) is 30.2. The molecular weight excluding hydrogens is 1060 g/mol. The number of hydrogen-bond donors (Lipinski definition) is 14. The van der Waals surface area contributed by atoms with Gasteiger partial charge in [0.1, 0.15) is 54.1 Å². The van der Waals surface area contributed by atoms with Gasteiger partial charge in [0.05, 0.1) is 13.0 Å². The van der Waals surface area contributed by atoms with Crippen LogP contribution >= 0.6 is 21.6 Å². The van der Waals surface area contributed by atoms with Crippen LogP contribution in [0, 0.1) is 0 Å². The van der Waals surface area contributed by atoms with Crippen molar-refractivity contribution in [1.29, 1.82) is 0 Å². The summed E-state index contributed by atoms with van der Waals surface area (Å²) in [4.78, 5) is 167. The third-order valence-electron chi connectivity index (χ3n) is 12.0. The highest BCUT2D eigenvalue weighted by atomic mass is 33.1. The molecule has 2 heterocycles. The van der Waals surface area contributed by atoms with Crippen molar-refractivity contribution in [3.8, 4) is 5.75 Å². The van der Waals surface area contributed by atoms with Crippen LogP contribution in [-0.4, -0.2) is 166 Å². The zero-order valence-corrected chi connectivity index (χ0v) is 44.3. The molecule has 4 rings (SSSR count). The van der Waals surface area contributed by atoms with Crippen molar-refractivity contribution in [1.82, 2.24) is 47.4 Å². The Hall–Kier alpha value is -8.15. The molecule has 2 aromatic rings. The largest absolute Gasteiger partial charge is 0.508 e. The van der Waals surface area contributed by atoms with E-state index in [9.17, 15) is 62.6 Å². The molecule has 0 aromatic heterocycles. The summed E-state index contributed by atoms with van der Waals surface area (Å²) in [6.07, 6.45) is -1.62. The van der Waals surface area contributed by atoms with E-state index < -0.39 is 145 Å². The van der Waals surface area contributed by atoms with Crippen LogP contribution < -0.4 is 71.2 Å². The lowest BCUT2D eigenvalue weighted by molar-refractivity contribution is -0.142. The minimum Gasteiger partial charge on any atom is -0.508 e. The molecule has 2 aromatic carbocycles. The molecule has 30 heteroatoms. The molecular formula is C48H67N15O13S2. The molecule has 2 saturated heterocycles. The molecule has 0 aliphatic carbocycles. The summed E-state index contributed by atoms with van der Waals surface area (Å²) in [6.45, 7) is 0.658. The van der Waals surface area contributed by atoms with Crippen LogP contribution in [0.4, 0.5) is 0 Å². The van der Waals surface area contributed by atoms with E-state index >= 15 is 0 Å². The van der Waals surface area contributed by atoms with Gasteiger partial charge >= 0.3 is 0 Å². The number of carbonyl (C=O) groups is 12. The molecule has 0 radical (unpaired) electrons. The molecule has 0 saturated carbocycles. The standard InChI is InChI=1S/C48H67N15O13S2/c1-25(64)56-34-23-77-78-24-35(47(76)63-18-6-10-36(63)46(75)58-29(9-5-17-54-48(52)53)40(69)55-22-39(51)68)62-44(73)33(21-38(50)67)61-41(70)30(15-16-37(49)66)57-42(71)31(19-26-7-3-2-4-8-26)59-43(72)32(60-45(34)74)20-27-11-13-28(65)14-12-27/h2-4,7-8,11-14,29-36,65H,5-6,9-10,15-24H2,1H3,(H2,49,66)(H2,50,67)(H2,51,68)(H,55,69)(H,56,64)(H,57,71)(H,58,75)(H,59,72)(H,60,74)(H,61,70)(H,62,73)(H4,52,53,54)/t29-,30-,31-,32-,33-,34-,35-,36-/m0/s1. The van der Waals surface area contributed by atoms with E-state index in [1.807, 2.05) is 0 Å². The number of phenols is 1. The SMILES string of the molecule is CC(=O)N[C@H]1CSSC[C@@H](C(=O)N2CCC[C@H]2C(=O)N[C@@H](CCCN=C(N)N)C(=O)NCC(N)=O)NC(=O)[C@H](CC(N)=O)NC(=O)[C@H](CCC(N)=O)NC(=O)[C@H](Cc2ccccc2)NC(=O)[C@H](Cc2ccc(O)cc2)NC1=O. The van der Waals surface area contributed by atoms with Gasteiger partial charge < -0.3 is 81.2 Å². The highest BCUT2D eigenvalue weighted by molar-refractivity contribution is 8.76. The monoisotopic (exact) mass is 1130 g/mol. The number of benzene rings is 2. The number of nitrogens with zero attached hydrogens (tertiary/aromatic N) is 2. The van der Waals surface area contributed by atoms with E-state index in [2.05, 4.69) is 47.5 Å². The Morgan fingerprint density at radius 1 is 0.718 bits per heavy atom. The van der Waals surface area contributed by atoms with E-state index in [1.54, 1.807) is 30.3 Å². The zero-order chi connectivity index (χ0) is 57.5. The number of aliphatic imine (C=N–C) groups is 1. The van der Waals surface area contributed by atoms with Crippen LogP contribution in [0.15, 0.2) is 59.6 Å². The minimum absolute atomic E-state index is 0.0155. The number of aromatic hydroxyl groups is 1. The maximum absolute atomic E-state index is 14.7. The molecule has 8 atom stereocenters. The Kier molecular flexibility index (Phi) is 24.9. The Morgan fingerprint density at radius 2 is 1.29 bits per heavy atom. The Labute approximate surface area is 456 Å². The molecule has 12 amide bonds. The Balaban J connectivity index is 1.76. The van der Waals surface area contributed by atoms with Gasteiger partial charge in [-0.2, -0.15) is 0 Å². The topological polar surface area (TPSA) is 467 Å². The van der Waals surface area contributed by atoms with Crippen molar-refractivity contribution in [3.63, 3.8) is 0 Å². The van der Waals surface area contributed by atoms with Gasteiger partial charge in [-0.25, -0.2) is 0 Å². The molecule has 0 bridgehead atoms. The number of carbonyl (C=O) groups excluding carboxylic acids is 12. The van der Waals surface area contributed by atoms with Crippen LogP contribution in [-0.2, 0) is 70.4 Å². The number of hydrogen-bond acceptors (Lipinski definition) is 16. The van der Waals surface area contributed by atoms with Gasteiger partial charge in [-0.05, 0) is 55.4 Å². The van der Waals surface area contributed by atoms with Gasteiger partial charge in [0.25, 0.3) is 0 Å². The van der Waals surface area contributed by atoms with Crippen LogP contribution in [0.5, 0.6) is 5.75 Å². The summed E-state index contributed by atoms with van der Waals surface area (Å²) in [6, 6.07) is 2.30. The lowest BCUT2D eigenvalue weighted by Crippen LogP contribution is -2.61. The van der Waals surface area contributed by atoms with Crippen molar-refractivity contribution in [3.05, 3.63) is 65.7 Å². The van der Waals surface area contributed by atoms with Gasteiger partial charge in [0, 0.05) is 50.8 Å². The van der Waals surface area contributed by atoms with Gasteiger partial charge in [-0.1, -0.05) is 64.1 Å². The van der Waals surface area contributed by atoms with Crippen LogP contribution in [0.2, 0.25) is 0 Å². The first-order valence-corrected chi connectivity index (χ1v) is 27.1. The smallest absolute Gasteiger partial charge is 0.246 e. The quantitative estimate of drug-likeness (QED) is 0.0255. The fourth-order valence-corrected chi connectivity index (χ4v) is 10.5. The summed E-state index contributed by atoms with van der Waals surface area (Å²) in [5.41, 5.74) is 28.1. The molecule has 2 fully saturated rings. The predicted molar refractivity (Wildman–Crippen MR) is 285 cm³/mol. The van der Waals surface area contributed by atoms with E-state index in [0.29, 0.717) is 11.1 Å². The van der Waals surface area contributed by atoms with E-state index in [-0.39, 0.29) is 74.8 Å². The maximum atomic E-state index is 14.7. The molecule has 0 spiro atoms. The highest BCUT2D eigenvalue weighted by Crippen LogP contribution is 2.26. The third kappa shape index (κ3) is 21.1. The normalized spacial score (nSPS) is 22.1. The van der Waals surface area contributed by atoms with Gasteiger partial charge in [-0.15, -0.1) is 0 Å². The van der Waals surface area contributed by atoms with Gasteiger partial charge in [-0.3, -0.25) is 62.5 Å². The first-order valence-electron chi connectivity index (χ1n) is 24.6. The summed E-state index contributed by atoms with van der Waals surface area (Å²) >= 11 is 0.